The highest BCUT2D eigenvalue weighted by molar-refractivity contribution is 5.46. The molecule has 0 bridgehead atoms. The Balaban J connectivity index is 1.80. The first-order valence-electron chi connectivity index (χ1n) is 7.91. The number of rotatable bonds is 4. The third kappa shape index (κ3) is 2.96. The van der Waals surface area contributed by atoms with Crippen molar-refractivity contribution < 1.29 is 14.9 Å². The molecule has 0 aromatic heterocycles. The Hall–Kier alpha value is -1.58. The second-order valence-corrected chi connectivity index (χ2v) is 6.86. The molecule has 3 heteroatoms. The van der Waals surface area contributed by atoms with Gasteiger partial charge in [-0.15, -0.1) is 0 Å². The van der Waals surface area contributed by atoms with Gasteiger partial charge in [-0.1, -0.05) is 49.3 Å². The quantitative estimate of drug-likeness (QED) is 0.841. The number of aliphatic hydroxyl groups is 2. The number of allylic oxidation sites excluding steroid dienone is 3. The van der Waals surface area contributed by atoms with Crippen LogP contribution in [-0.2, 0) is 17.6 Å². The summed E-state index contributed by atoms with van der Waals surface area (Å²) in [6, 6.07) is 8.65. The lowest BCUT2D eigenvalue weighted by Gasteiger charge is -2.37. The number of benzene rings is 1. The Kier molecular flexibility index (Phi) is 4.11. The minimum absolute atomic E-state index is 0.0272. The summed E-state index contributed by atoms with van der Waals surface area (Å²) < 4.78 is 5.73. The van der Waals surface area contributed by atoms with Gasteiger partial charge >= 0.3 is 0 Å². The Morgan fingerprint density at radius 3 is 2.50 bits per heavy atom. The molecule has 0 amide bonds. The number of ether oxygens (including phenoxy) is 1. The molecule has 0 spiro atoms. The number of hydrogen-bond donors (Lipinski definition) is 2. The first-order valence-corrected chi connectivity index (χ1v) is 7.91. The summed E-state index contributed by atoms with van der Waals surface area (Å²) in [4.78, 5) is 0. The van der Waals surface area contributed by atoms with Crippen molar-refractivity contribution in [2.45, 2.75) is 39.2 Å². The van der Waals surface area contributed by atoms with Crippen LogP contribution in [0.4, 0.5) is 0 Å². The van der Waals surface area contributed by atoms with E-state index in [2.05, 4.69) is 44.2 Å². The summed E-state index contributed by atoms with van der Waals surface area (Å²) in [5.41, 5.74) is 5.76. The molecular formula is C19H24O3. The van der Waals surface area contributed by atoms with E-state index in [4.69, 9.17) is 9.84 Å². The van der Waals surface area contributed by atoms with E-state index in [1.807, 2.05) is 0 Å². The fourth-order valence-electron chi connectivity index (χ4n) is 3.51. The zero-order valence-electron chi connectivity index (χ0n) is 13.3. The lowest BCUT2D eigenvalue weighted by molar-refractivity contribution is 0.0278. The Morgan fingerprint density at radius 2 is 1.82 bits per heavy atom. The zero-order valence-corrected chi connectivity index (χ0v) is 13.3. The van der Waals surface area contributed by atoms with Crippen molar-refractivity contribution in [3.8, 4) is 0 Å². The molecule has 0 aliphatic heterocycles. The highest BCUT2D eigenvalue weighted by Gasteiger charge is 2.33. The second kappa shape index (κ2) is 5.90. The van der Waals surface area contributed by atoms with Gasteiger partial charge in [-0.3, -0.25) is 0 Å². The molecule has 2 aliphatic carbocycles. The van der Waals surface area contributed by atoms with E-state index in [-0.39, 0.29) is 18.6 Å². The third-order valence-electron chi connectivity index (χ3n) is 4.68. The average Bonchev–Trinajstić information content (AvgIpc) is 2.50. The summed E-state index contributed by atoms with van der Waals surface area (Å²) >= 11 is 0. The van der Waals surface area contributed by atoms with E-state index in [1.54, 1.807) is 0 Å². The first-order chi connectivity index (χ1) is 10.5. The van der Waals surface area contributed by atoms with Gasteiger partial charge < -0.3 is 14.9 Å². The molecular weight excluding hydrogens is 276 g/mol. The molecule has 3 rings (SSSR count). The van der Waals surface area contributed by atoms with E-state index in [1.165, 1.54) is 22.3 Å². The fourth-order valence-corrected chi connectivity index (χ4v) is 3.51. The molecule has 1 atom stereocenters. The largest absolute Gasteiger partial charge is 0.495 e. The van der Waals surface area contributed by atoms with Crippen molar-refractivity contribution in [1.29, 1.82) is 0 Å². The van der Waals surface area contributed by atoms with Crippen molar-refractivity contribution in [1.82, 2.24) is 0 Å². The van der Waals surface area contributed by atoms with Crippen LogP contribution in [0.15, 0.2) is 47.2 Å². The molecule has 0 radical (unpaired) electrons. The van der Waals surface area contributed by atoms with Crippen LogP contribution in [0, 0.1) is 5.41 Å². The van der Waals surface area contributed by atoms with Crippen molar-refractivity contribution in [3.63, 3.8) is 0 Å². The van der Waals surface area contributed by atoms with Crippen molar-refractivity contribution in [2.75, 3.05) is 13.2 Å². The summed E-state index contributed by atoms with van der Waals surface area (Å²) in [5, 5.41) is 18.4. The standard InChI is InChI=1S/C19H24O3/c1-19(2)10-17(22-12-16(21)11-20)8-15-7-13-5-3-4-6-14(13)9-18(15)19/h3-6,10,16,20-21H,7-9,11-12H2,1-2H3/t16-/m0/s1. The van der Waals surface area contributed by atoms with Gasteiger partial charge in [0.05, 0.1) is 12.4 Å². The van der Waals surface area contributed by atoms with Crippen LogP contribution in [0.3, 0.4) is 0 Å². The third-order valence-corrected chi connectivity index (χ3v) is 4.68. The minimum atomic E-state index is -0.813. The van der Waals surface area contributed by atoms with Crippen molar-refractivity contribution in [3.05, 3.63) is 58.4 Å². The van der Waals surface area contributed by atoms with Crippen LogP contribution in [0.5, 0.6) is 0 Å². The van der Waals surface area contributed by atoms with Crippen LogP contribution in [0.25, 0.3) is 0 Å². The predicted molar refractivity (Wildman–Crippen MR) is 86.4 cm³/mol. The summed E-state index contributed by atoms with van der Waals surface area (Å²) in [6.45, 7) is 4.33. The highest BCUT2D eigenvalue weighted by atomic mass is 16.5. The maximum absolute atomic E-state index is 9.47. The van der Waals surface area contributed by atoms with Crippen molar-refractivity contribution >= 4 is 0 Å². The van der Waals surface area contributed by atoms with Gasteiger partial charge in [0.15, 0.2) is 0 Å². The molecule has 0 fully saturated rings. The molecule has 2 aliphatic rings. The summed E-state index contributed by atoms with van der Waals surface area (Å²) in [6.07, 6.45) is 4.17. The average molecular weight is 300 g/mol. The molecule has 3 nitrogen and oxygen atoms in total. The predicted octanol–water partition coefficient (Wildman–Crippen LogP) is 2.77. The van der Waals surface area contributed by atoms with Crippen molar-refractivity contribution in [2.24, 2.45) is 5.41 Å². The van der Waals surface area contributed by atoms with E-state index in [0.717, 1.165) is 25.0 Å². The first kappa shape index (κ1) is 15.3. The molecule has 0 unspecified atom stereocenters. The zero-order chi connectivity index (χ0) is 15.7. The van der Waals surface area contributed by atoms with Crippen LogP contribution < -0.4 is 0 Å². The molecule has 0 heterocycles. The summed E-state index contributed by atoms with van der Waals surface area (Å²) in [5.74, 6) is 0.913. The maximum Gasteiger partial charge on any atom is 0.116 e. The second-order valence-electron chi connectivity index (χ2n) is 6.86. The Bertz CT molecular complexity index is 625. The SMILES string of the molecule is CC1(C)C=C(OC[C@@H](O)CO)CC2=C1Cc1ccccc1C2. The fraction of sp³-hybridized carbons (Fsp3) is 0.474. The van der Waals surface area contributed by atoms with E-state index in [9.17, 15) is 5.11 Å². The van der Waals surface area contributed by atoms with Gasteiger partial charge in [-0.05, 0) is 30.0 Å². The smallest absolute Gasteiger partial charge is 0.116 e. The van der Waals surface area contributed by atoms with Gasteiger partial charge in [-0.25, -0.2) is 0 Å². The number of hydrogen-bond acceptors (Lipinski definition) is 3. The Labute approximate surface area is 131 Å². The van der Waals surface area contributed by atoms with E-state index >= 15 is 0 Å². The van der Waals surface area contributed by atoms with Crippen LogP contribution in [0.1, 0.15) is 31.4 Å². The lowest BCUT2D eigenvalue weighted by atomic mass is 9.69. The van der Waals surface area contributed by atoms with Crippen LogP contribution in [-0.4, -0.2) is 29.5 Å². The van der Waals surface area contributed by atoms with Gasteiger partial charge in [0.25, 0.3) is 0 Å². The molecule has 1 aromatic carbocycles. The molecule has 0 saturated heterocycles. The van der Waals surface area contributed by atoms with E-state index < -0.39 is 6.10 Å². The minimum Gasteiger partial charge on any atom is -0.495 e. The lowest BCUT2D eigenvalue weighted by Crippen LogP contribution is -2.26. The van der Waals surface area contributed by atoms with Gasteiger partial charge in [-0.2, -0.15) is 0 Å². The van der Waals surface area contributed by atoms with Gasteiger partial charge in [0.1, 0.15) is 12.7 Å². The molecule has 0 saturated carbocycles. The van der Waals surface area contributed by atoms with Crippen LogP contribution >= 0.6 is 0 Å². The highest BCUT2D eigenvalue weighted by Crippen LogP contribution is 2.44. The number of fused-ring (bicyclic) bond motifs is 1. The van der Waals surface area contributed by atoms with E-state index in [0.29, 0.717) is 0 Å². The Morgan fingerprint density at radius 1 is 1.14 bits per heavy atom. The normalized spacial score (nSPS) is 20.8. The molecule has 2 N–H and O–H groups in total. The summed E-state index contributed by atoms with van der Waals surface area (Å²) in [7, 11) is 0. The van der Waals surface area contributed by atoms with Gasteiger partial charge in [0, 0.05) is 11.8 Å². The molecule has 22 heavy (non-hydrogen) atoms. The maximum atomic E-state index is 9.47. The monoisotopic (exact) mass is 300 g/mol. The molecule has 118 valence electrons. The molecule has 1 aromatic rings. The van der Waals surface area contributed by atoms with Crippen LogP contribution in [0.2, 0.25) is 0 Å². The topological polar surface area (TPSA) is 49.7 Å². The van der Waals surface area contributed by atoms with Gasteiger partial charge in [0.2, 0.25) is 0 Å². The number of aliphatic hydroxyl groups excluding tert-OH is 2.